The Kier molecular flexibility index (Phi) is 6.18. The highest BCUT2D eigenvalue weighted by Gasteiger charge is 2.29. The van der Waals surface area contributed by atoms with Crippen LogP contribution >= 0.6 is 0 Å². The van der Waals surface area contributed by atoms with Gasteiger partial charge in [0.05, 0.1) is 4.90 Å². The lowest BCUT2D eigenvalue weighted by atomic mass is 10.1. The van der Waals surface area contributed by atoms with Crippen molar-refractivity contribution in [3.05, 3.63) is 53.6 Å². The van der Waals surface area contributed by atoms with Crippen LogP contribution in [-0.4, -0.2) is 44.9 Å². The molecular formula is C20H22F2N2O4S. The number of alkyl halides is 2. The molecule has 9 heteroatoms. The SMILES string of the molecule is CCN(CC)S(=O)(=O)c1ccc2c(c1)CCN2C(=O)c1cccc(OC(F)F)c1. The van der Waals surface area contributed by atoms with Crippen LogP contribution in [0.5, 0.6) is 5.75 Å². The molecule has 1 aliphatic rings. The first kappa shape index (κ1) is 21.2. The number of anilines is 1. The molecule has 1 heterocycles. The number of fused-ring (bicyclic) bond motifs is 1. The zero-order valence-corrected chi connectivity index (χ0v) is 17.0. The molecule has 0 N–H and O–H groups in total. The second-order valence-electron chi connectivity index (χ2n) is 6.49. The summed E-state index contributed by atoms with van der Waals surface area (Å²) in [5.41, 5.74) is 1.59. The maximum absolute atomic E-state index is 12.9. The van der Waals surface area contributed by atoms with E-state index < -0.39 is 16.6 Å². The third-order valence-corrected chi connectivity index (χ3v) is 6.89. The minimum Gasteiger partial charge on any atom is -0.435 e. The minimum absolute atomic E-state index is 0.0917. The number of rotatable bonds is 7. The van der Waals surface area contributed by atoms with Gasteiger partial charge in [0.25, 0.3) is 5.91 Å². The van der Waals surface area contributed by atoms with Crippen molar-refractivity contribution in [1.29, 1.82) is 0 Å². The van der Waals surface area contributed by atoms with E-state index in [9.17, 15) is 22.0 Å². The van der Waals surface area contributed by atoms with E-state index in [4.69, 9.17) is 0 Å². The van der Waals surface area contributed by atoms with Crippen molar-refractivity contribution in [2.75, 3.05) is 24.5 Å². The molecule has 0 fully saturated rings. The van der Waals surface area contributed by atoms with Gasteiger partial charge in [-0.05, 0) is 48.4 Å². The summed E-state index contributed by atoms with van der Waals surface area (Å²) in [6.07, 6.45) is 0.510. The van der Waals surface area contributed by atoms with Gasteiger partial charge in [0.1, 0.15) is 5.75 Å². The quantitative estimate of drug-likeness (QED) is 0.682. The fourth-order valence-electron chi connectivity index (χ4n) is 3.42. The van der Waals surface area contributed by atoms with Gasteiger partial charge in [-0.3, -0.25) is 4.79 Å². The molecular weight excluding hydrogens is 402 g/mol. The lowest BCUT2D eigenvalue weighted by Crippen LogP contribution is -2.30. The molecule has 1 aliphatic heterocycles. The third-order valence-electron chi connectivity index (χ3n) is 4.84. The van der Waals surface area contributed by atoms with Crippen molar-refractivity contribution in [3.8, 4) is 5.75 Å². The predicted molar refractivity (Wildman–Crippen MR) is 105 cm³/mol. The predicted octanol–water partition coefficient (Wildman–Crippen LogP) is 3.52. The summed E-state index contributed by atoms with van der Waals surface area (Å²) in [7, 11) is -3.59. The standard InChI is InChI=1S/C20H22F2N2O4S/c1-3-23(4-2)29(26,27)17-8-9-18-14(13-17)10-11-24(18)19(25)15-6-5-7-16(12-15)28-20(21)22/h5-9,12-13,20H,3-4,10-11H2,1-2H3. The number of amides is 1. The molecule has 1 amide bonds. The molecule has 2 aromatic carbocycles. The number of benzene rings is 2. The number of hydrogen-bond donors (Lipinski definition) is 0. The Morgan fingerprint density at radius 3 is 2.55 bits per heavy atom. The van der Waals surface area contributed by atoms with Gasteiger partial charge in [0.15, 0.2) is 0 Å². The van der Waals surface area contributed by atoms with Gasteiger partial charge in [-0.25, -0.2) is 8.42 Å². The number of carbonyl (C=O) groups excluding carboxylic acids is 1. The van der Waals surface area contributed by atoms with E-state index in [2.05, 4.69) is 4.74 Å². The van der Waals surface area contributed by atoms with Crippen LogP contribution in [0.4, 0.5) is 14.5 Å². The average molecular weight is 424 g/mol. The van der Waals surface area contributed by atoms with Crippen molar-refractivity contribution >= 4 is 21.6 Å². The summed E-state index contributed by atoms with van der Waals surface area (Å²) >= 11 is 0. The number of halogens is 2. The van der Waals surface area contributed by atoms with Crippen LogP contribution in [0, 0.1) is 0 Å². The van der Waals surface area contributed by atoms with Crippen LogP contribution in [0.3, 0.4) is 0 Å². The van der Waals surface area contributed by atoms with Gasteiger partial charge in [-0.15, -0.1) is 0 Å². The highest BCUT2D eigenvalue weighted by Crippen LogP contribution is 2.32. The van der Waals surface area contributed by atoms with Gasteiger partial charge in [-0.1, -0.05) is 19.9 Å². The van der Waals surface area contributed by atoms with E-state index in [1.807, 2.05) is 0 Å². The molecule has 0 atom stereocenters. The highest BCUT2D eigenvalue weighted by molar-refractivity contribution is 7.89. The van der Waals surface area contributed by atoms with E-state index in [1.165, 1.54) is 39.5 Å². The molecule has 0 bridgehead atoms. The van der Waals surface area contributed by atoms with E-state index in [-0.39, 0.29) is 22.1 Å². The van der Waals surface area contributed by atoms with E-state index in [0.29, 0.717) is 31.7 Å². The number of carbonyl (C=O) groups is 1. The van der Waals surface area contributed by atoms with Gasteiger partial charge >= 0.3 is 6.61 Å². The third kappa shape index (κ3) is 4.25. The molecule has 0 aliphatic carbocycles. The monoisotopic (exact) mass is 424 g/mol. The smallest absolute Gasteiger partial charge is 0.387 e. The Balaban J connectivity index is 1.88. The average Bonchev–Trinajstić information content (AvgIpc) is 3.11. The molecule has 0 saturated heterocycles. The first-order valence-corrected chi connectivity index (χ1v) is 10.7. The van der Waals surface area contributed by atoms with Gasteiger partial charge < -0.3 is 9.64 Å². The summed E-state index contributed by atoms with van der Waals surface area (Å²) in [5.74, 6) is -0.450. The molecule has 29 heavy (non-hydrogen) atoms. The van der Waals surface area contributed by atoms with Crippen molar-refractivity contribution in [2.45, 2.75) is 31.8 Å². The highest BCUT2D eigenvalue weighted by atomic mass is 32.2. The van der Waals surface area contributed by atoms with Crippen molar-refractivity contribution in [3.63, 3.8) is 0 Å². The second-order valence-corrected chi connectivity index (χ2v) is 8.43. The largest absolute Gasteiger partial charge is 0.435 e. The molecule has 0 aromatic heterocycles. The molecule has 0 spiro atoms. The Bertz CT molecular complexity index is 1010. The molecule has 0 saturated carbocycles. The lowest BCUT2D eigenvalue weighted by Gasteiger charge is -2.20. The Labute approximate surface area is 168 Å². The molecule has 0 radical (unpaired) electrons. The van der Waals surface area contributed by atoms with Crippen LogP contribution in [-0.2, 0) is 16.4 Å². The number of hydrogen-bond acceptors (Lipinski definition) is 4. The first-order chi connectivity index (χ1) is 13.8. The molecule has 3 rings (SSSR count). The van der Waals surface area contributed by atoms with Crippen LogP contribution in [0.15, 0.2) is 47.4 Å². The zero-order chi connectivity index (χ0) is 21.2. The molecule has 0 unspecified atom stereocenters. The summed E-state index contributed by atoms with van der Waals surface area (Å²) in [6.45, 7) is 1.71. The van der Waals surface area contributed by atoms with Crippen molar-refractivity contribution in [1.82, 2.24) is 4.31 Å². The Hall–Kier alpha value is -2.52. The molecule has 2 aromatic rings. The van der Waals surface area contributed by atoms with E-state index in [0.717, 1.165) is 5.56 Å². The van der Waals surface area contributed by atoms with E-state index in [1.54, 1.807) is 26.0 Å². The number of sulfonamides is 1. The normalized spacial score (nSPS) is 13.8. The summed E-state index contributed by atoms with van der Waals surface area (Å²) in [4.78, 5) is 14.6. The fourth-order valence-corrected chi connectivity index (χ4v) is 4.93. The van der Waals surface area contributed by atoms with Crippen LogP contribution in [0.25, 0.3) is 0 Å². The molecule has 156 valence electrons. The summed E-state index contributed by atoms with van der Waals surface area (Å²) < 4.78 is 56.0. The molecule has 6 nitrogen and oxygen atoms in total. The zero-order valence-electron chi connectivity index (χ0n) is 16.1. The van der Waals surface area contributed by atoms with Crippen molar-refractivity contribution in [2.24, 2.45) is 0 Å². The summed E-state index contributed by atoms with van der Waals surface area (Å²) in [6, 6.07) is 10.3. The lowest BCUT2D eigenvalue weighted by molar-refractivity contribution is -0.0498. The maximum Gasteiger partial charge on any atom is 0.387 e. The van der Waals surface area contributed by atoms with Gasteiger partial charge in [0, 0.05) is 30.9 Å². The first-order valence-electron chi connectivity index (χ1n) is 9.27. The number of ether oxygens (including phenoxy) is 1. The second kappa shape index (κ2) is 8.46. The maximum atomic E-state index is 12.9. The van der Waals surface area contributed by atoms with Gasteiger partial charge in [0.2, 0.25) is 10.0 Å². The Morgan fingerprint density at radius 2 is 1.90 bits per heavy atom. The van der Waals surface area contributed by atoms with Gasteiger partial charge in [-0.2, -0.15) is 13.1 Å². The summed E-state index contributed by atoms with van der Waals surface area (Å²) in [5, 5.41) is 0. The van der Waals surface area contributed by atoms with Crippen LogP contribution in [0.1, 0.15) is 29.8 Å². The van der Waals surface area contributed by atoms with E-state index >= 15 is 0 Å². The number of nitrogens with zero attached hydrogens (tertiary/aromatic N) is 2. The fraction of sp³-hybridized carbons (Fsp3) is 0.350. The van der Waals surface area contributed by atoms with Crippen LogP contribution < -0.4 is 9.64 Å². The van der Waals surface area contributed by atoms with Crippen molar-refractivity contribution < 1.29 is 26.7 Å². The topological polar surface area (TPSA) is 66.9 Å². The van der Waals surface area contributed by atoms with Crippen LogP contribution in [0.2, 0.25) is 0 Å². The Morgan fingerprint density at radius 1 is 1.17 bits per heavy atom. The minimum atomic E-state index is -3.59.